The van der Waals surface area contributed by atoms with Crippen LogP contribution in [0.4, 0.5) is 0 Å². The van der Waals surface area contributed by atoms with Crippen molar-refractivity contribution in [2.24, 2.45) is 11.7 Å². The summed E-state index contributed by atoms with van der Waals surface area (Å²) in [6.07, 6.45) is 5.47. The summed E-state index contributed by atoms with van der Waals surface area (Å²) < 4.78 is 4.86. The molecule has 0 radical (unpaired) electrons. The summed E-state index contributed by atoms with van der Waals surface area (Å²) in [4.78, 5) is 40.2. The summed E-state index contributed by atoms with van der Waals surface area (Å²) in [7, 11) is 1.31. The van der Waals surface area contributed by atoms with Crippen molar-refractivity contribution in [3.63, 3.8) is 0 Å². The number of ether oxygens (including phenoxy) is 1. The zero-order valence-corrected chi connectivity index (χ0v) is 21.5. The molecule has 0 spiro atoms. The monoisotopic (exact) mass is 484 g/mol. The van der Waals surface area contributed by atoms with Crippen LogP contribution < -0.4 is 27.0 Å². The molecule has 1 aliphatic rings. The molecule has 0 aromatic carbocycles. The lowest BCUT2D eigenvalue weighted by Crippen LogP contribution is -2.53. The number of hydrogen-bond acceptors (Lipinski definition) is 8. The average molecular weight is 485 g/mol. The van der Waals surface area contributed by atoms with Gasteiger partial charge >= 0.3 is 5.97 Å². The molecule has 1 heterocycles. The third-order valence-corrected chi connectivity index (χ3v) is 5.84. The van der Waals surface area contributed by atoms with Crippen molar-refractivity contribution in [1.82, 2.24) is 26.2 Å². The largest absolute Gasteiger partial charge is 0.467 e. The van der Waals surface area contributed by atoms with E-state index in [-0.39, 0.29) is 24.3 Å². The van der Waals surface area contributed by atoms with Crippen molar-refractivity contribution in [2.75, 3.05) is 59.5 Å². The molecular weight excluding hydrogens is 436 g/mol. The van der Waals surface area contributed by atoms with Gasteiger partial charge in [-0.05, 0) is 96.7 Å². The van der Waals surface area contributed by atoms with E-state index in [1.165, 1.54) is 7.11 Å². The zero-order valence-electron chi connectivity index (χ0n) is 21.5. The molecule has 1 rings (SSSR count). The lowest BCUT2D eigenvalue weighted by atomic mass is 10.0. The minimum atomic E-state index is -0.745. The minimum Gasteiger partial charge on any atom is -0.467 e. The molecule has 2 amide bonds. The normalized spacial score (nSPS) is 18.3. The first-order chi connectivity index (χ1) is 16.4. The summed E-state index contributed by atoms with van der Waals surface area (Å²) in [5.41, 5.74) is 5.55. The second-order valence-electron chi connectivity index (χ2n) is 9.46. The molecule has 0 aromatic rings. The van der Waals surface area contributed by atoms with Gasteiger partial charge in [-0.1, -0.05) is 13.8 Å². The number of nitrogens with two attached hydrogens (primary N) is 1. The average Bonchev–Trinajstić information content (AvgIpc) is 2.79. The van der Waals surface area contributed by atoms with Crippen molar-refractivity contribution in [2.45, 2.75) is 70.9 Å². The molecule has 2 atom stereocenters. The van der Waals surface area contributed by atoms with Crippen molar-refractivity contribution < 1.29 is 19.1 Å². The SMILES string of the molecule is COC(=O)[C@H](CCCCN)NC(=O)[C@H](CC(C)C)NC(=O)CN1CCCNCCCNCCC1. The van der Waals surface area contributed by atoms with Crippen molar-refractivity contribution in [3.8, 4) is 0 Å². The molecule has 0 aliphatic carbocycles. The Hall–Kier alpha value is -1.75. The number of nitrogens with zero attached hydrogens (tertiary/aromatic N) is 1. The topological polar surface area (TPSA) is 138 Å². The quantitative estimate of drug-likeness (QED) is 0.192. The Balaban J connectivity index is 2.71. The number of esters is 1. The molecule has 0 bridgehead atoms. The molecule has 0 saturated carbocycles. The number of carbonyl (C=O) groups is 3. The van der Waals surface area contributed by atoms with Crippen LogP contribution in [0.15, 0.2) is 0 Å². The number of amides is 2. The van der Waals surface area contributed by atoms with E-state index in [1.54, 1.807) is 0 Å². The first kappa shape index (κ1) is 30.3. The Labute approximate surface area is 205 Å². The Morgan fingerprint density at radius 2 is 1.56 bits per heavy atom. The summed E-state index contributed by atoms with van der Waals surface area (Å²) >= 11 is 0. The number of methoxy groups -OCH3 is 1. The molecule has 0 aromatic heterocycles. The van der Waals surface area contributed by atoms with E-state index < -0.39 is 18.1 Å². The van der Waals surface area contributed by atoms with Crippen LogP contribution in [0.25, 0.3) is 0 Å². The van der Waals surface area contributed by atoms with Gasteiger partial charge in [0.2, 0.25) is 11.8 Å². The van der Waals surface area contributed by atoms with Crippen LogP contribution in [-0.4, -0.2) is 94.2 Å². The van der Waals surface area contributed by atoms with E-state index in [0.717, 1.165) is 65.0 Å². The first-order valence-corrected chi connectivity index (χ1v) is 12.9. The Bertz CT molecular complexity index is 578. The van der Waals surface area contributed by atoms with Gasteiger partial charge in [-0.15, -0.1) is 0 Å². The maximum absolute atomic E-state index is 13.0. The highest BCUT2D eigenvalue weighted by atomic mass is 16.5. The summed E-state index contributed by atoms with van der Waals surface area (Å²) in [6.45, 7) is 10.3. The van der Waals surface area contributed by atoms with Crippen molar-refractivity contribution >= 4 is 17.8 Å². The highest BCUT2D eigenvalue weighted by Gasteiger charge is 2.28. The number of hydrogen-bond donors (Lipinski definition) is 5. The third-order valence-electron chi connectivity index (χ3n) is 5.84. The lowest BCUT2D eigenvalue weighted by Gasteiger charge is -2.26. The smallest absolute Gasteiger partial charge is 0.328 e. The van der Waals surface area contributed by atoms with E-state index in [0.29, 0.717) is 25.8 Å². The first-order valence-electron chi connectivity index (χ1n) is 12.9. The van der Waals surface area contributed by atoms with Gasteiger partial charge in [-0.3, -0.25) is 14.5 Å². The van der Waals surface area contributed by atoms with Crippen LogP contribution >= 0.6 is 0 Å². The maximum Gasteiger partial charge on any atom is 0.328 e. The predicted octanol–water partition coefficient (Wildman–Crippen LogP) is -0.0308. The maximum atomic E-state index is 13.0. The highest BCUT2D eigenvalue weighted by Crippen LogP contribution is 2.08. The molecule has 1 saturated heterocycles. The van der Waals surface area contributed by atoms with Crippen LogP contribution in [0.1, 0.15) is 58.8 Å². The summed E-state index contributed by atoms with van der Waals surface area (Å²) in [5.74, 6) is -0.816. The molecule has 198 valence electrons. The number of carbonyl (C=O) groups excluding carboxylic acids is 3. The molecular formula is C24H48N6O4. The van der Waals surface area contributed by atoms with Gasteiger partial charge in [0.05, 0.1) is 13.7 Å². The van der Waals surface area contributed by atoms with Gasteiger partial charge < -0.3 is 31.7 Å². The van der Waals surface area contributed by atoms with Crippen LogP contribution in [0.3, 0.4) is 0 Å². The van der Waals surface area contributed by atoms with E-state index in [2.05, 4.69) is 26.2 Å². The van der Waals surface area contributed by atoms with Gasteiger partial charge in [0.15, 0.2) is 0 Å². The highest BCUT2D eigenvalue weighted by molar-refractivity contribution is 5.91. The van der Waals surface area contributed by atoms with Crippen LogP contribution in [-0.2, 0) is 19.1 Å². The molecule has 1 fully saturated rings. The Kier molecular flexibility index (Phi) is 16.5. The van der Waals surface area contributed by atoms with Gasteiger partial charge in [0, 0.05) is 0 Å². The van der Waals surface area contributed by atoms with E-state index in [1.807, 2.05) is 13.8 Å². The lowest BCUT2D eigenvalue weighted by molar-refractivity contribution is -0.145. The molecule has 6 N–H and O–H groups in total. The molecule has 0 unspecified atom stereocenters. The van der Waals surface area contributed by atoms with Gasteiger partial charge in [-0.2, -0.15) is 0 Å². The third kappa shape index (κ3) is 13.8. The van der Waals surface area contributed by atoms with Gasteiger partial charge in [0.1, 0.15) is 12.1 Å². The number of nitrogens with one attached hydrogen (secondary N) is 4. The van der Waals surface area contributed by atoms with Gasteiger partial charge in [-0.25, -0.2) is 4.79 Å². The fourth-order valence-corrected chi connectivity index (χ4v) is 4.02. The summed E-state index contributed by atoms with van der Waals surface area (Å²) in [6, 6.07) is -1.45. The van der Waals surface area contributed by atoms with Crippen LogP contribution in [0.5, 0.6) is 0 Å². The second kappa shape index (κ2) is 18.6. The second-order valence-corrected chi connectivity index (χ2v) is 9.46. The zero-order chi connectivity index (χ0) is 25.2. The standard InChI is InChI=1S/C24H48N6O4/c1-19(2)17-21(23(32)29-20(24(33)34-3)9-4-5-10-25)28-22(31)18-30-15-7-13-26-11-6-12-27-14-8-16-30/h19-21,26-27H,4-18,25H2,1-3H3,(H,28,31)(H,29,32)/t20-,21-/m0/s1. The van der Waals surface area contributed by atoms with Crippen LogP contribution in [0.2, 0.25) is 0 Å². The fourth-order valence-electron chi connectivity index (χ4n) is 4.02. The van der Waals surface area contributed by atoms with E-state index in [9.17, 15) is 14.4 Å². The molecule has 1 aliphatic heterocycles. The predicted molar refractivity (Wildman–Crippen MR) is 134 cm³/mol. The molecule has 10 nitrogen and oxygen atoms in total. The van der Waals surface area contributed by atoms with E-state index >= 15 is 0 Å². The summed E-state index contributed by atoms with van der Waals surface area (Å²) in [5, 5.41) is 12.6. The molecule has 34 heavy (non-hydrogen) atoms. The van der Waals surface area contributed by atoms with Gasteiger partial charge in [0.25, 0.3) is 0 Å². The number of rotatable bonds is 12. The van der Waals surface area contributed by atoms with Crippen molar-refractivity contribution in [1.29, 1.82) is 0 Å². The Morgan fingerprint density at radius 3 is 2.12 bits per heavy atom. The minimum absolute atomic E-state index is 0.174. The van der Waals surface area contributed by atoms with E-state index in [4.69, 9.17) is 10.5 Å². The van der Waals surface area contributed by atoms with Crippen molar-refractivity contribution in [3.05, 3.63) is 0 Å². The number of unbranched alkanes of at least 4 members (excludes halogenated alkanes) is 1. The fraction of sp³-hybridized carbons (Fsp3) is 0.875. The molecule has 10 heteroatoms. The Morgan fingerprint density at radius 1 is 0.941 bits per heavy atom. The van der Waals surface area contributed by atoms with Crippen LogP contribution in [0, 0.1) is 5.92 Å².